The van der Waals surface area contributed by atoms with E-state index in [0.717, 1.165) is 13.0 Å². The Morgan fingerprint density at radius 1 is 1.10 bits per heavy atom. The van der Waals surface area contributed by atoms with Gasteiger partial charge in [0.2, 0.25) is 10.0 Å². The summed E-state index contributed by atoms with van der Waals surface area (Å²) >= 11 is 0. The van der Waals surface area contributed by atoms with Crippen LogP contribution in [0.5, 0.6) is 0 Å². The van der Waals surface area contributed by atoms with Crippen LogP contribution in [0.1, 0.15) is 47.5 Å². The quantitative estimate of drug-likeness (QED) is 0.539. The predicted molar refractivity (Wildman–Crippen MR) is 84.4 cm³/mol. The first kappa shape index (κ1) is 19.8. The molecule has 122 valence electrons. The van der Waals surface area contributed by atoms with Crippen LogP contribution in [0.15, 0.2) is 0 Å². The van der Waals surface area contributed by atoms with Crippen LogP contribution in [-0.4, -0.2) is 46.0 Å². The van der Waals surface area contributed by atoms with Gasteiger partial charge >= 0.3 is 0 Å². The molecule has 0 aromatic rings. The van der Waals surface area contributed by atoms with Crippen LogP contribution < -0.4 is 10.0 Å². The van der Waals surface area contributed by atoms with E-state index in [4.69, 9.17) is 4.74 Å². The summed E-state index contributed by atoms with van der Waals surface area (Å²) in [5.74, 6) is 0.404. The molecule has 0 aromatic carbocycles. The Morgan fingerprint density at radius 3 is 2.25 bits per heavy atom. The van der Waals surface area contributed by atoms with Gasteiger partial charge in [-0.15, -0.1) is 0 Å². The van der Waals surface area contributed by atoms with Crippen LogP contribution in [0.25, 0.3) is 0 Å². The minimum absolute atomic E-state index is 0.145. The fourth-order valence-corrected chi connectivity index (χ4v) is 3.21. The van der Waals surface area contributed by atoms with Gasteiger partial charge in [-0.3, -0.25) is 0 Å². The third kappa shape index (κ3) is 10.6. The molecule has 0 aromatic heterocycles. The van der Waals surface area contributed by atoms with Gasteiger partial charge < -0.3 is 10.1 Å². The van der Waals surface area contributed by atoms with Crippen LogP contribution in [0.4, 0.5) is 0 Å². The van der Waals surface area contributed by atoms with E-state index in [9.17, 15) is 8.42 Å². The Morgan fingerprint density at radius 2 is 1.75 bits per heavy atom. The second-order valence-corrected chi connectivity index (χ2v) is 7.64. The molecular weight excluding hydrogens is 276 g/mol. The Balaban J connectivity index is 4.07. The molecular formula is C14H32N2O3S. The monoisotopic (exact) mass is 308 g/mol. The summed E-state index contributed by atoms with van der Waals surface area (Å²) < 4.78 is 32.1. The zero-order valence-corrected chi connectivity index (χ0v) is 14.4. The van der Waals surface area contributed by atoms with Crippen LogP contribution in [0, 0.1) is 5.92 Å². The lowest BCUT2D eigenvalue weighted by atomic mass is 10.1. The molecule has 0 amide bonds. The van der Waals surface area contributed by atoms with Gasteiger partial charge in [-0.1, -0.05) is 27.7 Å². The minimum Gasteiger partial charge on any atom is -0.380 e. The molecule has 0 saturated carbocycles. The molecule has 0 fully saturated rings. The lowest BCUT2D eigenvalue weighted by Crippen LogP contribution is -2.42. The summed E-state index contributed by atoms with van der Waals surface area (Å²) in [6, 6.07) is 0.301. The van der Waals surface area contributed by atoms with Gasteiger partial charge in [0.15, 0.2) is 0 Å². The van der Waals surface area contributed by atoms with E-state index in [1.165, 1.54) is 0 Å². The summed E-state index contributed by atoms with van der Waals surface area (Å²) in [5.41, 5.74) is 0. The zero-order valence-electron chi connectivity index (χ0n) is 13.6. The number of unbranched alkanes of at least 4 members (excludes halogenated alkanes) is 1. The van der Waals surface area contributed by atoms with Crippen molar-refractivity contribution < 1.29 is 13.2 Å². The van der Waals surface area contributed by atoms with Crippen molar-refractivity contribution in [3.8, 4) is 0 Å². The Hall–Kier alpha value is -0.170. The maximum atomic E-state index is 12.0. The number of sulfonamides is 1. The molecule has 0 rings (SSSR count). The van der Waals surface area contributed by atoms with Gasteiger partial charge in [0.05, 0.1) is 12.4 Å². The molecule has 20 heavy (non-hydrogen) atoms. The highest BCUT2D eigenvalue weighted by Crippen LogP contribution is 2.05. The summed E-state index contributed by atoms with van der Waals surface area (Å²) in [4.78, 5) is 0. The van der Waals surface area contributed by atoms with Gasteiger partial charge in [0, 0.05) is 18.7 Å². The Kier molecular flexibility index (Phi) is 10.5. The average Bonchev–Trinajstić information content (AvgIpc) is 2.33. The van der Waals surface area contributed by atoms with Crippen LogP contribution in [-0.2, 0) is 14.8 Å². The first-order chi connectivity index (χ1) is 9.28. The van der Waals surface area contributed by atoms with Crippen molar-refractivity contribution in [2.45, 2.75) is 59.5 Å². The third-order valence-corrected chi connectivity index (χ3v) is 4.52. The van der Waals surface area contributed by atoms with Gasteiger partial charge in [0.1, 0.15) is 0 Å². The van der Waals surface area contributed by atoms with Crippen LogP contribution in [0.3, 0.4) is 0 Å². The van der Waals surface area contributed by atoms with Gasteiger partial charge in [0.25, 0.3) is 0 Å². The molecule has 2 N–H and O–H groups in total. The number of rotatable bonds is 12. The summed E-state index contributed by atoms with van der Waals surface area (Å²) in [6.07, 6.45) is 1.55. The van der Waals surface area contributed by atoms with E-state index >= 15 is 0 Å². The van der Waals surface area contributed by atoms with E-state index in [0.29, 0.717) is 25.7 Å². The molecule has 0 saturated heterocycles. The molecule has 1 atom stereocenters. The van der Waals surface area contributed by atoms with Crippen molar-refractivity contribution in [3.63, 3.8) is 0 Å². The third-order valence-electron chi connectivity index (χ3n) is 3.03. The molecule has 0 heterocycles. The lowest BCUT2D eigenvalue weighted by Gasteiger charge is -2.22. The van der Waals surface area contributed by atoms with Crippen molar-refractivity contribution >= 4 is 10.0 Å². The van der Waals surface area contributed by atoms with Gasteiger partial charge in [-0.25, -0.2) is 13.1 Å². The summed E-state index contributed by atoms with van der Waals surface area (Å²) in [7, 11) is -3.21. The van der Waals surface area contributed by atoms with Gasteiger partial charge in [-0.2, -0.15) is 0 Å². The molecule has 0 aliphatic carbocycles. The summed E-state index contributed by atoms with van der Waals surface area (Å²) in [6.45, 7) is 12.0. The lowest BCUT2D eigenvalue weighted by molar-refractivity contribution is 0.116. The van der Waals surface area contributed by atoms with Crippen molar-refractivity contribution in [1.82, 2.24) is 10.0 Å². The zero-order chi connectivity index (χ0) is 15.6. The van der Waals surface area contributed by atoms with E-state index in [-0.39, 0.29) is 17.7 Å². The number of ether oxygens (including phenoxy) is 1. The topological polar surface area (TPSA) is 67.4 Å². The first-order valence-corrected chi connectivity index (χ1v) is 9.24. The SMILES string of the molecule is CCOCC(NS(=O)(=O)CCCCNC(C)C)C(C)C. The number of hydrogen-bond donors (Lipinski definition) is 2. The first-order valence-electron chi connectivity index (χ1n) is 7.59. The highest BCUT2D eigenvalue weighted by atomic mass is 32.2. The maximum Gasteiger partial charge on any atom is 0.211 e. The highest BCUT2D eigenvalue weighted by molar-refractivity contribution is 7.89. The molecule has 0 bridgehead atoms. The van der Waals surface area contributed by atoms with Crippen molar-refractivity contribution in [2.24, 2.45) is 5.92 Å². The highest BCUT2D eigenvalue weighted by Gasteiger charge is 2.20. The smallest absolute Gasteiger partial charge is 0.211 e. The summed E-state index contributed by atoms with van der Waals surface area (Å²) in [5, 5.41) is 3.28. The predicted octanol–water partition coefficient (Wildman–Crippen LogP) is 1.75. The minimum atomic E-state index is -3.21. The second-order valence-electron chi connectivity index (χ2n) is 5.76. The molecule has 1 unspecified atom stereocenters. The van der Waals surface area contributed by atoms with E-state index < -0.39 is 10.0 Å². The van der Waals surface area contributed by atoms with E-state index in [1.807, 2.05) is 20.8 Å². The second kappa shape index (κ2) is 10.5. The van der Waals surface area contributed by atoms with Crippen molar-refractivity contribution in [1.29, 1.82) is 0 Å². The molecule has 0 spiro atoms. The Labute approximate surface area is 124 Å². The molecule has 0 radical (unpaired) electrons. The van der Waals surface area contributed by atoms with E-state index in [2.05, 4.69) is 23.9 Å². The Bertz CT molecular complexity index is 329. The molecule has 5 nitrogen and oxygen atoms in total. The maximum absolute atomic E-state index is 12.0. The average molecular weight is 308 g/mol. The fraction of sp³-hybridized carbons (Fsp3) is 1.00. The van der Waals surface area contributed by atoms with Crippen LogP contribution >= 0.6 is 0 Å². The largest absolute Gasteiger partial charge is 0.380 e. The van der Waals surface area contributed by atoms with Crippen molar-refractivity contribution in [2.75, 3.05) is 25.5 Å². The molecule has 6 heteroatoms. The number of hydrogen-bond acceptors (Lipinski definition) is 4. The fourth-order valence-electron chi connectivity index (χ4n) is 1.70. The van der Waals surface area contributed by atoms with Crippen LogP contribution in [0.2, 0.25) is 0 Å². The number of nitrogens with one attached hydrogen (secondary N) is 2. The van der Waals surface area contributed by atoms with Crippen molar-refractivity contribution in [3.05, 3.63) is 0 Å². The van der Waals surface area contributed by atoms with Gasteiger partial charge in [-0.05, 0) is 32.2 Å². The molecule has 0 aliphatic heterocycles. The standard InChI is InChI=1S/C14H32N2O3S/c1-6-19-11-14(12(2)3)16-20(17,18)10-8-7-9-15-13(4)5/h12-16H,6-11H2,1-5H3. The molecule has 0 aliphatic rings. The van der Waals surface area contributed by atoms with E-state index in [1.54, 1.807) is 0 Å². The normalized spacial score (nSPS) is 14.2.